The number of amides is 1. The molecule has 0 aliphatic carbocycles. The first-order valence-corrected chi connectivity index (χ1v) is 6.75. The highest BCUT2D eigenvalue weighted by molar-refractivity contribution is 9.10. The lowest BCUT2D eigenvalue weighted by Gasteiger charge is -2.18. The van der Waals surface area contributed by atoms with E-state index in [1.54, 1.807) is 43.4 Å². The molecule has 2 N–H and O–H groups in total. The van der Waals surface area contributed by atoms with Crippen molar-refractivity contribution in [1.82, 2.24) is 0 Å². The van der Waals surface area contributed by atoms with E-state index >= 15 is 0 Å². The summed E-state index contributed by atoms with van der Waals surface area (Å²) in [4.78, 5) is 13.9. The molecule has 2 aromatic rings. The molecule has 0 spiro atoms. The van der Waals surface area contributed by atoms with Crippen molar-refractivity contribution in [3.63, 3.8) is 0 Å². The molecule has 3 nitrogen and oxygen atoms in total. The Balaban J connectivity index is 2.36. The molecular weight excluding hydrogens is 328 g/mol. The molecule has 2 rings (SSSR count). The van der Waals surface area contributed by atoms with Gasteiger partial charge in [-0.3, -0.25) is 4.79 Å². The normalized spacial score (nSPS) is 10.3. The van der Waals surface area contributed by atoms with Gasteiger partial charge in [0.15, 0.2) is 0 Å². The molecule has 0 radical (unpaired) electrons. The number of hydrogen-bond acceptors (Lipinski definition) is 2. The smallest absolute Gasteiger partial charge is 0.259 e. The molecule has 0 fully saturated rings. The van der Waals surface area contributed by atoms with Crippen LogP contribution in [0, 0.1) is 0 Å². The van der Waals surface area contributed by atoms with Crippen molar-refractivity contribution in [3.05, 3.63) is 57.5 Å². The van der Waals surface area contributed by atoms with E-state index in [2.05, 4.69) is 15.9 Å². The van der Waals surface area contributed by atoms with Crippen molar-refractivity contribution in [2.45, 2.75) is 0 Å². The molecule has 19 heavy (non-hydrogen) atoms. The zero-order chi connectivity index (χ0) is 14.0. The molecule has 0 atom stereocenters. The number of benzene rings is 2. The van der Waals surface area contributed by atoms with Gasteiger partial charge < -0.3 is 10.6 Å². The first-order valence-electron chi connectivity index (χ1n) is 5.57. The van der Waals surface area contributed by atoms with Crippen LogP contribution in [-0.4, -0.2) is 13.0 Å². The Morgan fingerprint density at radius 3 is 2.68 bits per heavy atom. The van der Waals surface area contributed by atoms with Crippen LogP contribution < -0.4 is 10.6 Å². The topological polar surface area (TPSA) is 46.3 Å². The maximum atomic E-state index is 12.4. The summed E-state index contributed by atoms with van der Waals surface area (Å²) in [5.41, 5.74) is 7.50. The third-order valence-corrected chi connectivity index (χ3v) is 3.54. The van der Waals surface area contributed by atoms with Gasteiger partial charge in [0.25, 0.3) is 5.91 Å². The van der Waals surface area contributed by atoms with Gasteiger partial charge in [0, 0.05) is 22.9 Å². The van der Waals surface area contributed by atoms with Crippen LogP contribution in [0.15, 0.2) is 46.9 Å². The molecule has 0 unspecified atom stereocenters. The zero-order valence-electron chi connectivity index (χ0n) is 10.2. The summed E-state index contributed by atoms with van der Waals surface area (Å²) in [5.74, 6) is -0.183. The summed E-state index contributed by atoms with van der Waals surface area (Å²) in [5, 5.41) is 0.420. The standard InChI is InChI=1S/C14H12BrClN2O/c1-18(11-4-2-3-10(17)8-11)14(19)12-7-9(15)5-6-13(12)16/h2-8H,17H2,1H3. The number of carbonyl (C=O) groups excluding carboxylic acids is 1. The molecule has 0 aliphatic rings. The zero-order valence-corrected chi connectivity index (χ0v) is 12.6. The van der Waals surface area contributed by atoms with Gasteiger partial charge in [-0.2, -0.15) is 0 Å². The van der Waals surface area contributed by atoms with Crippen molar-refractivity contribution in [2.24, 2.45) is 0 Å². The number of carbonyl (C=O) groups is 1. The minimum atomic E-state index is -0.183. The van der Waals surface area contributed by atoms with Crippen LogP contribution in [0.25, 0.3) is 0 Å². The third kappa shape index (κ3) is 3.08. The van der Waals surface area contributed by atoms with Gasteiger partial charge in [-0.1, -0.05) is 33.6 Å². The monoisotopic (exact) mass is 338 g/mol. The average molecular weight is 340 g/mol. The maximum Gasteiger partial charge on any atom is 0.259 e. The fraction of sp³-hybridized carbons (Fsp3) is 0.0714. The number of nitrogen functional groups attached to an aromatic ring is 1. The molecule has 0 saturated carbocycles. The van der Waals surface area contributed by atoms with Crippen LogP contribution in [0.2, 0.25) is 5.02 Å². The van der Waals surface area contributed by atoms with E-state index < -0.39 is 0 Å². The number of rotatable bonds is 2. The average Bonchev–Trinajstić information content (AvgIpc) is 2.40. The van der Waals surface area contributed by atoms with Crippen LogP contribution in [0.3, 0.4) is 0 Å². The van der Waals surface area contributed by atoms with Gasteiger partial charge in [0.2, 0.25) is 0 Å². The highest BCUT2D eigenvalue weighted by Crippen LogP contribution is 2.25. The highest BCUT2D eigenvalue weighted by Gasteiger charge is 2.17. The quantitative estimate of drug-likeness (QED) is 0.842. The Hall–Kier alpha value is -1.52. The van der Waals surface area contributed by atoms with Gasteiger partial charge in [-0.15, -0.1) is 0 Å². The molecule has 5 heteroatoms. The number of halogens is 2. The van der Waals surface area contributed by atoms with E-state index in [1.807, 2.05) is 6.07 Å². The van der Waals surface area contributed by atoms with Crippen molar-refractivity contribution in [2.75, 3.05) is 17.7 Å². The molecule has 0 aromatic heterocycles. The number of nitrogens with two attached hydrogens (primary N) is 1. The summed E-state index contributed by atoms with van der Waals surface area (Å²) in [6.45, 7) is 0. The minimum Gasteiger partial charge on any atom is -0.399 e. The van der Waals surface area contributed by atoms with Crippen molar-refractivity contribution in [1.29, 1.82) is 0 Å². The maximum absolute atomic E-state index is 12.4. The lowest BCUT2D eigenvalue weighted by atomic mass is 10.2. The minimum absolute atomic E-state index is 0.183. The fourth-order valence-electron chi connectivity index (χ4n) is 1.69. The largest absolute Gasteiger partial charge is 0.399 e. The second-order valence-corrected chi connectivity index (χ2v) is 5.41. The summed E-state index contributed by atoms with van der Waals surface area (Å²) in [6, 6.07) is 12.3. The van der Waals surface area contributed by atoms with E-state index in [9.17, 15) is 4.79 Å². The molecular formula is C14H12BrClN2O. The van der Waals surface area contributed by atoms with Gasteiger partial charge in [-0.25, -0.2) is 0 Å². The summed E-state index contributed by atoms with van der Waals surface area (Å²) in [6.07, 6.45) is 0. The van der Waals surface area contributed by atoms with Gasteiger partial charge in [0.1, 0.15) is 0 Å². The van der Waals surface area contributed by atoms with E-state index in [1.165, 1.54) is 4.90 Å². The Bertz CT molecular complexity index is 631. The Labute approximate surface area is 125 Å². The van der Waals surface area contributed by atoms with Crippen LogP contribution in [-0.2, 0) is 0 Å². The highest BCUT2D eigenvalue weighted by atomic mass is 79.9. The van der Waals surface area contributed by atoms with E-state index in [0.29, 0.717) is 16.3 Å². The van der Waals surface area contributed by atoms with Gasteiger partial charge in [0.05, 0.1) is 10.6 Å². The van der Waals surface area contributed by atoms with Gasteiger partial charge in [-0.05, 0) is 36.4 Å². The van der Waals surface area contributed by atoms with E-state index in [-0.39, 0.29) is 5.91 Å². The molecule has 98 valence electrons. The van der Waals surface area contributed by atoms with Crippen LogP contribution in [0.4, 0.5) is 11.4 Å². The van der Waals surface area contributed by atoms with Crippen LogP contribution >= 0.6 is 27.5 Å². The van der Waals surface area contributed by atoms with Crippen molar-refractivity contribution < 1.29 is 4.79 Å². The second-order valence-electron chi connectivity index (χ2n) is 4.08. The number of anilines is 2. The fourth-order valence-corrected chi connectivity index (χ4v) is 2.25. The van der Waals surface area contributed by atoms with Crippen molar-refractivity contribution in [3.8, 4) is 0 Å². The molecule has 0 heterocycles. The Morgan fingerprint density at radius 2 is 2.00 bits per heavy atom. The number of hydrogen-bond donors (Lipinski definition) is 1. The molecule has 1 amide bonds. The summed E-state index contributed by atoms with van der Waals surface area (Å²) in [7, 11) is 1.69. The van der Waals surface area contributed by atoms with Gasteiger partial charge >= 0.3 is 0 Å². The van der Waals surface area contributed by atoms with Crippen LogP contribution in [0.1, 0.15) is 10.4 Å². The number of nitrogens with zero attached hydrogens (tertiary/aromatic N) is 1. The Morgan fingerprint density at radius 1 is 1.26 bits per heavy atom. The van der Waals surface area contributed by atoms with Crippen molar-refractivity contribution >= 4 is 44.8 Å². The van der Waals surface area contributed by atoms with E-state index in [0.717, 1.165) is 10.2 Å². The first kappa shape index (κ1) is 13.9. The molecule has 0 bridgehead atoms. The summed E-state index contributed by atoms with van der Waals surface area (Å²) < 4.78 is 0.807. The van der Waals surface area contributed by atoms with E-state index in [4.69, 9.17) is 17.3 Å². The third-order valence-electron chi connectivity index (χ3n) is 2.72. The Kier molecular flexibility index (Phi) is 4.12. The predicted molar refractivity (Wildman–Crippen MR) is 82.7 cm³/mol. The predicted octanol–water partition coefficient (Wildman–Crippen LogP) is 3.96. The SMILES string of the molecule is CN(C(=O)c1cc(Br)ccc1Cl)c1cccc(N)c1. The molecule has 0 saturated heterocycles. The second kappa shape index (κ2) is 5.63. The lowest BCUT2D eigenvalue weighted by molar-refractivity contribution is 0.0993. The van der Waals surface area contributed by atoms with Crippen LogP contribution in [0.5, 0.6) is 0 Å². The first-order chi connectivity index (χ1) is 8.99. The lowest BCUT2D eigenvalue weighted by Crippen LogP contribution is -2.26. The molecule has 2 aromatic carbocycles. The summed E-state index contributed by atoms with van der Waals surface area (Å²) >= 11 is 9.39. The molecule has 0 aliphatic heterocycles.